The topological polar surface area (TPSA) is 57.5 Å². The Hall–Kier alpha value is -1.35. The standard InChI is InChI=1S/C20H30N6.HI/c1-21-20(24-16-10-12-25(14-16)17-6-2-3-7-17)22-11-13-26-15-23-18-8-4-5-9-19(18)26;/h4-5,8-9,15-17H,2-3,6-7,10-14H2,1H3,(H2,21,22,24);1H. The minimum absolute atomic E-state index is 0. The predicted molar refractivity (Wildman–Crippen MR) is 122 cm³/mol. The first-order valence-electron chi connectivity index (χ1n) is 9.94. The van der Waals surface area contributed by atoms with Crippen LogP contribution in [0.3, 0.4) is 0 Å². The minimum Gasteiger partial charge on any atom is -0.355 e. The average Bonchev–Trinajstić information content (AvgIpc) is 3.41. The summed E-state index contributed by atoms with van der Waals surface area (Å²) in [7, 11) is 1.85. The van der Waals surface area contributed by atoms with Crippen LogP contribution in [0.25, 0.3) is 11.0 Å². The van der Waals surface area contributed by atoms with Gasteiger partial charge in [0.05, 0.1) is 17.4 Å². The van der Waals surface area contributed by atoms with Crippen LogP contribution in [0.2, 0.25) is 0 Å². The molecule has 2 N–H and O–H groups in total. The highest BCUT2D eigenvalue weighted by Gasteiger charge is 2.30. The lowest BCUT2D eigenvalue weighted by molar-refractivity contribution is 0.242. The van der Waals surface area contributed by atoms with E-state index in [0.29, 0.717) is 6.04 Å². The van der Waals surface area contributed by atoms with Crippen LogP contribution < -0.4 is 10.6 Å². The summed E-state index contributed by atoms with van der Waals surface area (Å²) in [5, 5.41) is 7.06. The van der Waals surface area contributed by atoms with E-state index in [4.69, 9.17) is 0 Å². The molecule has 1 atom stereocenters. The fourth-order valence-electron chi connectivity index (χ4n) is 4.38. The fraction of sp³-hybridized carbons (Fsp3) is 0.600. The van der Waals surface area contributed by atoms with Gasteiger partial charge in [0, 0.05) is 45.3 Å². The number of benzene rings is 1. The van der Waals surface area contributed by atoms with E-state index in [1.165, 1.54) is 44.2 Å². The van der Waals surface area contributed by atoms with Crippen molar-refractivity contribution in [3.05, 3.63) is 30.6 Å². The molecule has 0 radical (unpaired) electrons. The van der Waals surface area contributed by atoms with Crippen LogP contribution in [-0.2, 0) is 6.54 Å². The van der Waals surface area contributed by atoms with Gasteiger partial charge >= 0.3 is 0 Å². The van der Waals surface area contributed by atoms with Gasteiger partial charge in [-0.2, -0.15) is 0 Å². The summed E-state index contributed by atoms with van der Waals surface area (Å²) in [6, 6.07) is 9.59. The maximum absolute atomic E-state index is 4.45. The molecule has 1 aliphatic carbocycles. The first-order valence-corrected chi connectivity index (χ1v) is 9.94. The van der Waals surface area contributed by atoms with Gasteiger partial charge in [-0.1, -0.05) is 25.0 Å². The molecular weight excluding hydrogens is 451 g/mol. The number of para-hydroxylation sites is 2. The van der Waals surface area contributed by atoms with Gasteiger partial charge in [-0.25, -0.2) is 4.98 Å². The highest BCUT2D eigenvalue weighted by molar-refractivity contribution is 14.0. The quantitative estimate of drug-likeness (QED) is 0.391. The molecule has 2 heterocycles. The number of nitrogens with zero attached hydrogens (tertiary/aromatic N) is 4. The summed E-state index contributed by atoms with van der Waals surface area (Å²) in [5.41, 5.74) is 2.23. The van der Waals surface area contributed by atoms with E-state index in [1.807, 2.05) is 19.4 Å². The average molecular weight is 482 g/mol. The fourth-order valence-corrected chi connectivity index (χ4v) is 4.38. The Kier molecular flexibility index (Phi) is 7.34. The zero-order valence-corrected chi connectivity index (χ0v) is 18.4. The number of fused-ring (bicyclic) bond motifs is 1. The molecule has 0 bridgehead atoms. The molecule has 0 spiro atoms. The summed E-state index contributed by atoms with van der Waals surface area (Å²) in [6.45, 7) is 4.08. The van der Waals surface area contributed by atoms with Gasteiger partial charge in [0.2, 0.25) is 0 Å². The van der Waals surface area contributed by atoms with Crippen LogP contribution in [0.15, 0.2) is 35.6 Å². The molecule has 1 aromatic carbocycles. The maximum Gasteiger partial charge on any atom is 0.191 e. The van der Waals surface area contributed by atoms with E-state index < -0.39 is 0 Å². The van der Waals surface area contributed by atoms with Gasteiger partial charge < -0.3 is 15.2 Å². The lowest BCUT2D eigenvalue weighted by Gasteiger charge is -2.24. The van der Waals surface area contributed by atoms with Crippen molar-refractivity contribution in [3.8, 4) is 0 Å². The Morgan fingerprint density at radius 3 is 2.85 bits per heavy atom. The van der Waals surface area contributed by atoms with Crippen molar-refractivity contribution in [1.82, 2.24) is 25.1 Å². The highest BCUT2D eigenvalue weighted by Crippen LogP contribution is 2.26. The number of hydrogen-bond donors (Lipinski definition) is 2. The largest absolute Gasteiger partial charge is 0.355 e. The van der Waals surface area contributed by atoms with Gasteiger partial charge in [0.1, 0.15) is 0 Å². The SMILES string of the molecule is CN=C(NCCn1cnc2ccccc21)NC1CCN(C2CCCC2)C1.I. The van der Waals surface area contributed by atoms with E-state index in [9.17, 15) is 0 Å². The number of aliphatic imine (C=N–C) groups is 1. The molecule has 1 unspecified atom stereocenters. The number of rotatable bonds is 5. The first-order chi connectivity index (χ1) is 12.8. The van der Waals surface area contributed by atoms with Crippen LogP contribution >= 0.6 is 24.0 Å². The molecule has 0 amide bonds. The van der Waals surface area contributed by atoms with Gasteiger partial charge in [-0.15, -0.1) is 24.0 Å². The Morgan fingerprint density at radius 2 is 2.04 bits per heavy atom. The molecule has 2 aromatic rings. The van der Waals surface area contributed by atoms with Crippen molar-refractivity contribution >= 4 is 41.0 Å². The normalized spacial score (nSPS) is 21.5. The van der Waals surface area contributed by atoms with Crippen molar-refractivity contribution in [2.45, 2.75) is 50.7 Å². The summed E-state index contributed by atoms with van der Waals surface area (Å²) in [4.78, 5) is 11.5. The zero-order chi connectivity index (χ0) is 17.8. The van der Waals surface area contributed by atoms with Crippen LogP contribution in [0.5, 0.6) is 0 Å². The third-order valence-corrected chi connectivity index (χ3v) is 5.80. The first kappa shape index (κ1) is 20.4. The maximum atomic E-state index is 4.45. The Balaban J connectivity index is 0.00000210. The van der Waals surface area contributed by atoms with E-state index in [1.54, 1.807) is 0 Å². The van der Waals surface area contributed by atoms with E-state index in [0.717, 1.165) is 37.2 Å². The van der Waals surface area contributed by atoms with Crippen LogP contribution in [0, 0.1) is 0 Å². The van der Waals surface area contributed by atoms with E-state index in [-0.39, 0.29) is 24.0 Å². The van der Waals surface area contributed by atoms with Crippen LogP contribution in [-0.4, -0.2) is 59.2 Å². The predicted octanol–water partition coefficient (Wildman–Crippen LogP) is 2.84. The van der Waals surface area contributed by atoms with Crippen molar-refractivity contribution < 1.29 is 0 Å². The molecule has 1 aliphatic heterocycles. The van der Waals surface area contributed by atoms with Crippen LogP contribution in [0.1, 0.15) is 32.1 Å². The lowest BCUT2D eigenvalue weighted by atomic mass is 10.2. The molecule has 4 rings (SSSR count). The summed E-state index contributed by atoms with van der Waals surface area (Å²) < 4.78 is 2.19. The van der Waals surface area contributed by atoms with Crippen molar-refractivity contribution in [2.75, 3.05) is 26.7 Å². The summed E-state index contributed by atoms with van der Waals surface area (Å²) in [6.07, 6.45) is 8.72. The van der Waals surface area contributed by atoms with Crippen molar-refractivity contribution in [3.63, 3.8) is 0 Å². The third kappa shape index (κ3) is 4.93. The number of aromatic nitrogens is 2. The Bertz CT molecular complexity index is 752. The molecule has 7 heteroatoms. The lowest BCUT2D eigenvalue weighted by Crippen LogP contribution is -2.46. The number of nitrogens with one attached hydrogen (secondary N) is 2. The summed E-state index contributed by atoms with van der Waals surface area (Å²) in [5.74, 6) is 0.910. The third-order valence-electron chi connectivity index (χ3n) is 5.80. The number of hydrogen-bond acceptors (Lipinski definition) is 3. The summed E-state index contributed by atoms with van der Waals surface area (Å²) >= 11 is 0. The second-order valence-corrected chi connectivity index (χ2v) is 7.49. The second kappa shape index (κ2) is 9.73. The zero-order valence-electron chi connectivity index (χ0n) is 16.1. The number of halogens is 1. The number of likely N-dealkylation sites (tertiary alicyclic amines) is 1. The molecule has 6 nitrogen and oxygen atoms in total. The highest BCUT2D eigenvalue weighted by atomic mass is 127. The number of guanidine groups is 1. The molecule has 1 aromatic heterocycles. The van der Waals surface area contributed by atoms with Gasteiger partial charge in [0.25, 0.3) is 0 Å². The molecule has 1 saturated heterocycles. The molecule has 2 fully saturated rings. The van der Waals surface area contributed by atoms with Gasteiger partial charge in [0.15, 0.2) is 5.96 Å². The second-order valence-electron chi connectivity index (χ2n) is 7.49. The smallest absolute Gasteiger partial charge is 0.191 e. The Labute approximate surface area is 178 Å². The van der Waals surface area contributed by atoms with Crippen molar-refractivity contribution in [1.29, 1.82) is 0 Å². The van der Waals surface area contributed by atoms with E-state index >= 15 is 0 Å². The molecule has 1 saturated carbocycles. The van der Waals surface area contributed by atoms with Gasteiger partial charge in [-0.3, -0.25) is 9.89 Å². The minimum atomic E-state index is 0. The van der Waals surface area contributed by atoms with Gasteiger partial charge in [-0.05, 0) is 31.4 Å². The number of imidazole rings is 1. The molecular formula is C20H31IN6. The Morgan fingerprint density at radius 1 is 1.22 bits per heavy atom. The van der Waals surface area contributed by atoms with E-state index in [2.05, 4.69) is 48.3 Å². The molecule has 2 aliphatic rings. The molecule has 27 heavy (non-hydrogen) atoms. The van der Waals surface area contributed by atoms with Crippen molar-refractivity contribution in [2.24, 2.45) is 4.99 Å². The van der Waals surface area contributed by atoms with Crippen LogP contribution in [0.4, 0.5) is 0 Å². The molecule has 148 valence electrons. The monoisotopic (exact) mass is 482 g/mol.